The van der Waals surface area contributed by atoms with Crippen LogP contribution in [0.5, 0.6) is 5.75 Å². The molecule has 0 saturated carbocycles. The van der Waals surface area contributed by atoms with Gasteiger partial charge in [0, 0.05) is 24.2 Å². The first kappa shape index (κ1) is 16.1. The van der Waals surface area contributed by atoms with Gasteiger partial charge >= 0.3 is 0 Å². The summed E-state index contributed by atoms with van der Waals surface area (Å²) < 4.78 is 1.94. The molecule has 1 atom stereocenters. The van der Waals surface area contributed by atoms with Gasteiger partial charge < -0.3 is 10.4 Å². The number of aryl methyl sites for hydroxylation is 2. The minimum atomic E-state index is -0.0538. The molecule has 1 unspecified atom stereocenters. The third-order valence-electron chi connectivity index (χ3n) is 3.78. The highest BCUT2D eigenvalue weighted by Gasteiger charge is 2.11. The van der Waals surface area contributed by atoms with Crippen LogP contribution in [-0.2, 0) is 11.2 Å². The number of aromatic nitrogens is 2. The van der Waals surface area contributed by atoms with E-state index < -0.39 is 0 Å². The lowest BCUT2D eigenvalue weighted by Crippen LogP contribution is -2.14. The van der Waals surface area contributed by atoms with Gasteiger partial charge in [0.05, 0.1) is 0 Å². The first-order valence-electron chi connectivity index (χ1n) is 7.63. The predicted octanol–water partition coefficient (Wildman–Crippen LogP) is 3.44. The molecule has 1 aromatic carbocycles. The van der Waals surface area contributed by atoms with Crippen LogP contribution in [0.1, 0.15) is 44.0 Å². The Morgan fingerprint density at radius 1 is 1.36 bits per heavy atom. The largest absolute Gasteiger partial charge is 0.508 e. The number of carbonyl (C=O) groups is 1. The monoisotopic (exact) mass is 301 g/mol. The number of nitrogens with one attached hydrogen (secondary N) is 1. The maximum atomic E-state index is 12.0. The second-order valence-corrected chi connectivity index (χ2v) is 5.59. The molecule has 0 spiro atoms. The maximum Gasteiger partial charge on any atom is 0.225 e. The molecule has 0 bridgehead atoms. The fourth-order valence-electron chi connectivity index (χ4n) is 2.29. The highest BCUT2D eigenvalue weighted by molar-refractivity contribution is 5.89. The summed E-state index contributed by atoms with van der Waals surface area (Å²) in [4.78, 5) is 12.0. The van der Waals surface area contributed by atoms with Crippen LogP contribution in [0.25, 0.3) is 0 Å². The number of aromatic hydroxyl groups is 1. The summed E-state index contributed by atoms with van der Waals surface area (Å²) in [7, 11) is 0. The van der Waals surface area contributed by atoms with Crippen molar-refractivity contribution in [3.8, 4) is 5.75 Å². The van der Waals surface area contributed by atoms with Crippen LogP contribution < -0.4 is 5.32 Å². The normalized spacial score (nSPS) is 12.1. The molecule has 0 aliphatic heterocycles. The van der Waals surface area contributed by atoms with Crippen molar-refractivity contribution in [2.75, 3.05) is 5.32 Å². The average Bonchev–Trinajstić information content (AvgIpc) is 2.86. The molecule has 0 aliphatic rings. The Morgan fingerprint density at radius 2 is 2.05 bits per heavy atom. The molecule has 2 aromatic rings. The minimum Gasteiger partial charge on any atom is -0.508 e. The Bertz CT molecular complexity index is 632. The summed E-state index contributed by atoms with van der Waals surface area (Å²) in [6.07, 6.45) is 2.02. The molecule has 0 radical (unpaired) electrons. The molecule has 5 heteroatoms. The number of rotatable bonds is 6. The summed E-state index contributed by atoms with van der Waals surface area (Å²) in [6, 6.07) is 9.12. The van der Waals surface area contributed by atoms with Crippen molar-refractivity contribution < 1.29 is 9.90 Å². The van der Waals surface area contributed by atoms with Crippen LogP contribution in [0, 0.1) is 6.92 Å². The summed E-state index contributed by atoms with van der Waals surface area (Å²) in [6.45, 7) is 6.21. The van der Waals surface area contributed by atoms with E-state index in [1.165, 1.54) is 0 Å². The van der Waals surface area contributed by atoms with Crippen molar-refractivity contribution in [1.82, 2.24) is 9.78 Å². The summed E-state index contributed by atoms with van der Waals surface area (Å²) >= 11 is 0. The third kappa shape index (κ3) is 4.10. The number of nitrogens with zero attached hydrogens (tertiary/aromatic N) is 2. The van der Waals surface area contributed by atoms with Gasteiger partial charge in [-0.05, 0) is 44.4 Å². The maximum absolute atomic E-state index is 12.0. The van der Waals surface area contributed by atoms with Gasteiger partial charge in [-0.2, -0.15) is 5.10 Å². The molecule has 5 nitrogen and oxygen atoms in total. The Morgan fingerprint density at radius 3 is 2.68 bits per heavy atom. The van der Waals surface area contributed by atoms with Crippen LogP contribution >= 0.6 is 0 Å². The zero-order valence-electron chi connectivity index (χ0n) is 13.3. The molecule has 1 amide bonds. The number of anilines is 1. The fourth-order valence-corrected chi connectivity index (χ4v) is 2.29. The molecule has 2 N–H and O–H groups in total. The first-order chi connectivity index (χ1) is 10.5. The van der Waals surface area contributed by atoms with Gasteiger partial charge in [0.1, 0.15) is 5.75 Å². The van der Waals surface area contributed by atoms with Crippen LogP contribution in [-0.4, -0.2) is 20.8 Å². The third-order valence-corrected chi connectivity index (χ3v) is 3.78. The van der Waals surface area contributed by atoms with Gasteiger partial charge in [-0.3, -0.25) is 9.48 Å². The molecular weight excluding hydrogens is 278 g/mol. The second kappa shape index (κ2) is 7.11. The van der Waals surface area contributed by atoms with E-state index in [1.807, 2.05) is 29.8 Å². The second-order valence-electron chi connectivity index (χ2n) is 5.59. The van der Waals surface area contributed by atoms with E-state index >= 15 is 0 Å². The first-order valence-corrected chi connectivity index (χ1v) is 7.63. The lowest BCUT2D eigenvalue weighted by atomic mass is 10.1. The number of benzene rings is 1. The smallest absolute Gasteiger partial charge is 0.225 e. The summed E-state index contributed by atoms with van der Waals surface area (Å²) in [5, 5.41) is 16.5. The highest BCUT2D eigenvalue weighted by atomic mass is 16.3. The van der Waals surface area contributed by atoms with E-state index in [0.29, 0.717) is 24.7 Å². The van der Waals surface area contributed by atoms with Crippen molar-refractivity contribution in [2.24, 2.45) is 0 Å². The molecule has 2 rings (SSSR count). The van der Waals surface area contributed by atoms with Crippen LogP contribution in [0.15, 0.2) is 30.3 Å². The standard InChI is InChI=1S/C17H23N3O2/c1-4-12(2)20-13(3)11-16(19-20)18-17(22)10-7-14-5-8-15(21)9-6-14/h5-6,8-9,11-12,21H,4,7,10H2,1-3H3,(H,18,19,22). The zero-order chi connectivity index (χ0) is 16.1. The number of phenols is 1. The van der Waals surface area contributed by atoms with Crippen LogP contribution in [0.3, 0.4) is 0 Å². The van der Waals surface area contributed by atoms with Gasteiger partial charge in [-0.1, -0.05) is 19.1 Å². The molecule has 1 heterocycles. The van der Waals surface area contributed by atoms with E-state index in [9.17, 15) is 9.90 Å². The van der Waals surface area contributed by atoms with Crippen molar-refractivity contribution >= 4 is 11.7 Å². The van der Waals surface area contributed by atoms with Crippen LogP contribution in [0.4, 0.5) is 5.82 Å². The van der Waals surface area contributed by atoms with E-state index in [-0.39, 0.29) is 11.7 Å². The van der Waals surface area contributed by atoms with Gasteiger partial charge in [0.2, 0.25) is 5.91 Å². The van der Waals surface area contributed by atoms with E-state index in [0.717, 1.165) is 17.7 Å². The molecule has 0 fully saturated rings. The topological polar surface area (TPSA) is 67.2 Å². The van der Waals surface area contributed by atoms with E-state index in [1.54, 1.807) is 12.1 Å². The molecule has 0 saturated heterocycles. The van der Waals surface area contributed by atoms with Crippen LogP contribution in [0.2, 0.25) is 0 Å². The minimum absolute atomic E-state index is 0.0538. The van der Waals surface area contributed by atoms with Gasteiger partial charge in [-0.25, -0.2) is 0 Å². The van der Waals surface area contributed by atoms with E-state index in [2.05, 4.69) is 24.3 Å². The summed E-state index contributed by atoms with van der Waals surface area (Å²) in [5.41, 5.74) is 2.07. The fraction of sp³-hybridized carbons (Fsp3) is 0.412. The number of amides is 1. The van der Waals surface area contributed by atoms with Crippen molar-refractivity contribution in [1.29, 1.82) is 0 Å². The lowest BCUT2D eigenvalue weighted by Gasteiger charge is -2.10. The zero-order valence-corrected chi connectivity index (χ0v) is 13.3. The van der Waals surface area contributed by atoms with Crippen molar-refractivity contribution in [3.05, 3.63) is 41.6 Å². The molecular formula is C17H23N3O2. The molecule has 22 heavy (non-hydrogen) atoms. The number of phenolic OH excluding ortho intramolecular Hbond substituents is 1. The average molecular weight is 301 g/mol. The van der Waals surface area contributed by atoms with Crippen molar-refractivity contribution in [2.45, 2.75) is 46.1 Å². The van der Waals surface area contributed by atoms with E-state index in [4.69, 9.17) is 0 Å². The lowest BCUT2D eigenvalue weighted by molar-refractivity contribution is -0.116. The van der Waals surface area contributed by atoms with Gasteiger partial charge in [0.15, 0.2) is 5.82 Å². The number of hydrogen-bond donors (Lipinski definition) is 2. The molecule has 118 valence electrons. The Hall–Kier alpha value is -2.30. The molecule has 1 aromatic heterocycles. The van der Waals surface area contributed by atoms with Gasteiger partial charge in [-0.15, -0.1) is 0 Å². The van der Waals surface area contributed by atoms with Gasteiger partial charge in [0.25, 0.3) is 0 Å². The Kier molecular flexibility index (Phi) is 5.20. The number of carbonyl (C=O) groups excluding carboxylic acids is 1. The molecule has 0 aliphatic carbocycles. The number of hydrogen-bond acceptors (Lipinski definition) is 3. The predicted molar refractivity (Wildman–Crippen MR) is 87.0 cm³/mol. The summed E-state index contributed by atoms with van der Waals surface area (Å²) in [5.74, 6) is 0.787. The van der Waals surface area contributed by atoms with Crippen molar-refractivity contribution in [3.63, 3.8) is 0 Å². The highest BCUT2D eigenvalue weighted by Crippen LogP contribution is 2.17. The SMILES string of the molecule is CCC(C)n1nc(NC(=O)CCc2ccc(O)cc2)cc1C. The Labute approximate surface area is 131 Å². The Balaban J connectivity index is 1.90. The quantitative estimate of drug-likeness (QED) is 0.859.